The molecule has 1 amide bonds. The quantitative estimate of drug-likeness (QED) is 0.904. The highest BCUT2D eigenvalue weighted by Gasteiger charge is 2.22. The first-order chi connectivity index (χ1) is 10.3. The minimum atomic E-state index is -0.270. The molecule has 0 unspecified atom stereocenters. The summed E-state index contributed by atoms with van der Waals surface area (Å²) >= 11 is 1.51. The van der Waals surface area contributed by atoms with Crippen molar-refractivity contribution in [2.75, 3.05) is 13.2 Å². The molecule has 1 N–H and O–H groups in total. The largest absolute Gasteiger partial charge is 0.368 e. The maximum absolute atomic E-state index is 11.8. The molecular weight excluding hydrogens is 288 g/mol. The Labute approximate surface area is 126 Å². The number of ether oxygens (including phenoxy) is 1. The zero-order valence-electron chi connectivity index (χ0n) is 11.5. The van der Waals surface area contributed by atoms with Crippen LogP contribution in [-0.2, 0) is 16.0 Å². The van der Waals surface area contributed by atoms with E-state index in [4.69, 9.17) is 4.74 Å². The summed E-state index contributed by atoms with van der Waals surface area (Å²) in [6, 6.07) is 1.78. The van der Waals surface area contributed by atoms with Crippen molar-refractivity contribution in [1.29, 1.82) is 0 Å². The maximum Gasteiger partial charge on any atom is 0.249 e. The number of nitrogens with zero attached hydrogens (tertiary/aromatic N) is 3. The zero-order chi connectivity index (χ0) is 14.5. The van der Waals surface area contributed by atoms with Crippen molar-refractivity contribution in [3.63, 3.8) is 0 Å². The van der Waals surface area contributed by atoms with Crippen molar-refractivity contribution < 1.29 is 9.53 Å². The Morgan fingerprint density at radius 1 is 1.43 bits per heavy atom. The number of hydrogen-bond acceptors (Lipinski definition) is 6. The van der Waals surface area contributed by atoms with Crippen LogP contribution in [0.5, 0.6) is 0 Å². The number of thiazole rings is 1. The molecule has 1 aliphatic heterocycles. The predicted molar refractivity (Wildman–Crippen MR) is 78.8 cm³/mol. The summed E-state index contributed by atoms with van der Waals surface area (Å²) in [6.07, 6.45) is 5.61. The second-order valence-corrected chi connectivity index (χ2v) is 5.62. The fourth-order valence-electron chi connectivity index (χ4n) is 2.15. The molecule has 2 aromatic rings. The molecule has 1 aliphatic rings. The average molecular weight is 304 g/mol. The summed E-state index contributed by atoms with van der Waals surface area (Å²) in [6.45, 7) is 1.25. The second-order valence-electron chi connectivity index (χ2n) is 4.76. The normalized spacial score (nSPS) is 17.8. The molecule has 1 fully saturated rings. The summed E-state index contributed by atoms with van der Waals surface area (Å²) in [5.41, 5.74) is 0.940. The highest BCUT2D eigenvalue weighted by molar-refractivity contribution is 7.13. The van der Waals surface area contributed by atoms with E-state index in [0.29, 0.717) is 25.4 Å². The summed E-state index contributed by atoms with van der Waals surface area (Å²) in [5, 5.41) is 5.67. The van der Waals surface area contributed by atoms with Gasteiger partial charge in [-0.25, -0.2) is 15.0 Å². The molecule has 21 heavy (non-hydrogen) atoms. The standard InChI is InChI=1S/C14H16N4O2S/c19-13(11-3-1-8-20-11)17-7-4-10-9-21-14(18-10)12-15-5-2-6-16-12/h2,5-6,9,11H,1,3-4,7-8H2,(H,17,19)/t11-/m1/s1. The maximum atomic E-state index is 11.8. The number of amides is 1. The van der Waals surface area contributed by atoms with E-state index in [1.54, 1.807) is 18.5 Å². The van der Waals surface area contributed by atoms with Gasteiger partial charge in [-0.15, -0.1) is 11.3 Å². The van der Waals surface area contributed by atoms with Gasteiger partial charge in [0.25, 0.3) is 0 Å². The molecule has 2 aromatic heterocycles. The molecule has 0 aromatic carbocycles. The van der Waals surface area contributed by atoms with E-state index in [9.17, 15) is 4.79 Å². The van der Waals surface area contributed by atoms with Crippen molar-refractivity contribution in [3.05, 3.63) is 29.5 Å². The minimum absolute atomic E-state index is 0.0191. The van der Waals surface area contributed by atoms with E-state index >= 15 is 0 Å². The van der Waals surface area contributed by atoms with Gasteiger partial charge in [0.2, 0.25) is 5.91 Å². The zero-order valence-corrected chi connectivity index (χ0v) is 12.3. The Kier molecular flexibility index (Phi) is 4.52. The van der Waals surface area contributed by atoms with Crippen LogP contribution in [0.25, 0.3) is 10.8 Å². The predicted octanol–water partition coefficient (Wildman–Crippen LogP) is 1.44. The molecule has 1 saturated heterocycles. The van der Waals surface area contributed by atoms with Gasteiger partial charge in [0, 0.05) is 37.3 Å². The van der Waals surface area contributed by atoms with Gasteiger partial charge >= 0.3 is 0 Å². The Hall–Kier alpha value is -1.86. The average Bonchev–Trinajstić information content (AvgIpc) is 3.20. The molecule has 6 nitrogen and oxygen atoms in total. The molecule has 0 aliphatic carbocycles. The highest BCUT2D eigenvalue weighted by atomic mass is 32.1. The van der Waals surface area contributed by atoms with Crippen molar-refractivity contribution in [2.24, 2.45) is 0 Å². The fraction of sp³-hybridized carbons (Fsp3) is 0.429. The smallest absolute Gasteiger partial charge is 0.249 e. The molecule has 0 saturated carbocycles. The van der Waals surface area contributed by atoms with E-state index in [1.807, 2.05) is 5.38 Å². The number of carbonyl (C=O) groups excluding carboxylic acids is 1. The van der Waals surface area contributed by atoms with E-state index in [-0.39, 0.29) is 12.0 Å². The van der Waals surface area contributed by atoms with Crippen molar-refractivity contribution in [3.8, 4) is 10.8 Å². The lowest BCUT2D eigenvalue weighted by Gasteiger charge is -2.09. The molecular formula is C14H16N4O2S. The monoisotopic (exact) mass is 304 g/mol. The van der Waals surface area contributed by atoms with Crippen LogP contribution in [0.1, 0.15) is 18.5 Å². The molecule has 1 atom stereocenters. The van der Waals surface area contributed by atoms with Crippen LogP contribution >= 0.6 is 11.3 Å². The Morgan fingerprint density at radius 3 is 3.05 bits per heavy atom. The summed E-state index contributed by atoms with van der Waals surface area (Å²) in [4.78, 5) is 24.6. The van der Waals surface area contributed by atoms with Gasteiger partial charge in [0.15, 0.2) is 10.8 Å². The van der Waals surface area contributed by atoms with Crippen molar-refractivity contribution >= 4 is 17.2 Å². The molecule has 3 heterocycles. The number of aromatic nitrogens is 3. The Bertz CT molecular complexity index is 596. The van der Waals surface area contributed by atoms with Crippen LogP contribution < -0.4 is 5.32 Å². The Morgan fingerprint density at radius 2 is 2.29 bits per heavy atom. The molecule has 0 bridgehead atoms. The van der Waals surface area contributed by atoms with E-state index in [0.717, 1.165) is 23.5 Å². The lowest BCUT2D eigenvalue weighted by atomic mass is 10.2. The van der Waals surface area contributed by atoms with Crippen LogP contribution in [0.3, 0.4) is 0 Å². The van der Waals surface area contributed by atoms with Crippen LogP contribution in [-0.4, -0.2) is 40.1 Å². The Balaban J connectivity index is 1.50. The molecule has 3 rings (SSSR count). The van der Waals surface area contributed by atoms with Crippen LogP contribution in [0.4, 0.5) is 0 Å². The SMILES string of the molecule is O=C(NCCc1csc(-c2ncccn2)n1)[C@H]1CCCO1. The highest BCUT2D eigenvalue weighted by Crippen LogP contribution is 2.19. The van der Waals surface area contributed by atoms with Gasteiger partial charge in [-0.05, 0) is 18.9 Å². The van der Waals surface area contributed by atoms with Crippen LogP contribution in [0.2, 0.25) is 0 Å². The third-order valence-corrected chi connectivity index (χ3v) is 4.10. The lowest BCUT2D eigenvalue weighted by molar-refractivity contribution is -0.129. The van der Waals surface area contributed by atoms with Crippen molar-refractivity contribution in [2.45, 2.75) is 25.4 Å². The first kappa shape index (κ1) is 14.1. The second kappa shape index (κ2) is 6.73. The van der Waals surface area contributed by atoms with E-state index in [2.05, 4.69) is 20.3 Å². The molecule has 0 radical (unpaired) electrons. The first-order valence-electron chi connectivity index (χ1n) is 6.94. The minimum Gasteiger partial charge on any atom is -0.368 e. The lowest BCUT2D eigenvalue weighted by Crippen LogP contribution is -2.35. The number of rotatable bonds is 5. The van der Waals surface area contributed by atoms with Crippen LogP contribution in [0.15, 0.2) is 23.8 Å². The summed E-state index contributed by atoms with van der Waals surface area (Å²) in [7, 11) is 0. The number of carbonyl (C=O) groups is 1. The van der Waals surface area contributed by atoms with Gasteiger partial charge in [0.05, 0.1) is 5.69 Å². The van der Waals surface area contributed by atoms with Gasteiger partial charge in [0.1, 0.15) is 6.10 Å². The van der Waals surface area contributed by atoms with Gasteiger partial charge in [-0.3, -0.25) is 4.79 Å². The van der Waals surface area contributed by atoms with Gasteiger partial charge in [-0.1, -0.05) is 0 Å². The molecule has 0 spiro atoms. The molecule has 110 valence electrons. The first-order valence-corrected chi connectivity index (χ1v) is 7.82. The number of hydrogen-bond donors (Lipinski definition) is 1. The summed E-state index contributed by atoms with van der Waals surface area (Å²) < 4.78 is 5.34. The molecule has 7 heteroatoms. The van der Waals surface area contributed by atoms with Gasteiger partial charge in [-0.2, -0.15) is 0 Å². The third-order valence-electron chi connectivity index (χ3n) is 3.21. The van der Waals surface area contributed by atoms with E-state index in [1.165, 1.54) is 11.3 Å². The van der Waals surface area contributed by atoms with E-state index < -0.39 is 0 Å². The number of nitrogens with one attached hydrogen (secondary N) is 1. The summed E-state index contributed by atoms with van der Waals surface area (Å²) in [5.74, 6) is 0.617. The topological polar surface area (TPSA) is 77.0 Å². The fourth-order valence-corrected chi connectivity index (χ4v) is 2.95. The van der Waals surface area contributed by atoms with Gasteiger partial charge < -0.3 is 10.1 Å². The van der Waals surface area contributed by atoms with Crippen LogP contribution in [0, 0.1) is 0 Å². The third kappa shape index (κ3) is 3.62. The van der Waals surface area contributed by atoms with Crippen molar-refractivity contribution in [1.82, 2.24) is 20.3 Å².